The molecule has 0 radical (unpaired) electrons. The second-order valence-corrected chi connectivity index (χ2v) is 5.33. The molecule has 0 amide bonds. The molecule has 1 aromatic heterocycles. The smallest absolute Gasteiger partial charge is 0.162 e. The van der Waals surface area contributed by atoms with Gasteiger partial charge in [-0.25, -0.2) is 15.8 Å². The molecular formula is C15H28N4O. The third-order valence-electron chi connectivity index (χ3n) is 3.82. The number of nitrogens with two attached hydrogens (primary N) is 1. The van der Waals surface area contributed by atoms with E-state index in [2.05, 4.69) is 38.1 Å². The van der Waals surface area contributed by atoms with E-state index in [9.17, 15) is 0 Å². The lowest BCUT2D eigenvalue weighted by Gasteiger charge is -2.31. The van der Waals surface area contributed by atoms with Crippen molar-refractivity contribution in [2.24, 2.45) is 5.84 Å². The van der Waals surface area contributed by atoms with Crippen LogP contribution in [0.3, 0.4) is 0 Å². The molecule has 5 nitrogen and oxygen atoms in total. The number of hydrogen-bond donors (Lipinski definition) is 2. The Morgan fingerprint density at radius 2 is 1.80 bits per heavy atom. The molecule has 0 unspecified atom stereocenters. The lowest BCUT2D eigenvalue weighted by atomic mass is 9.94. The average molecular weight is 280 g/mol. The number of anilines is 1. The molecule has 20 heavy (non-hydrogen) atoms. The number of rotatable bonds is 7. The summed E-state index contributed by atoms with van der Waals surface area (Å²) in [5.41, 5.74) is 4.31. The van der Waals surface area contributed by atoms with Gasteiger partial charge in [0.25, 0.3) is 0 Å². The van der Waals surface area contributed by atoms with Crippen molar-refractivity contribution in [3.8, 4) is 0 Å². The van der Waals surface area contributed by atoms with Gasteiger partial charge < -0.3 is 10.2 Å². The molecule has 0 bridgehead atoms. The third-order valence-corrected chi connectivity index (χ3v) is 3.82. The highest BCUT2D eigenvalue weighted by Gasteiger charge is 2.33. The van der Waals surface area contributed by atoms with Gasteiger partial charge in [-0.1, -0.05) is 27.7 Å². The van der Waals surface area contributed by atoms with Gasteiger partial charge in [-0.15, -0.1) is 0 Å². The molecule has 0 aliphatic rings. The normalized spacial score (nSPS) is 12.0. The maximum Gasteiger partial charge on any atom is 0.162 e. The summed E-state index contributed by atoms with van der Waals surface area (Å²) in [6.45, 7) is 13.1. The third kappa shape index (κ3) is 3.10. The van der Waals surface area contributed by atoms with Crippen molar-refractivity contribution >= 4 is 5.82 Å². The summed E-state index contributed by atoms with van der Waals surface area (Å²) in [7, 11) is 0. The first kappa shape index (κ1) is 16.9. The zero-order valence-corrected chi connectivity index (χ0v) is 13.6. The minimum atomic E-state index is -0.430. The standard InChI is InChI=1S/C15H28N4O/c1-7-15(8-2,20-9-3)14-17-11(6)12(10(4)5)13(18-14)19-16/h10H,7-9,16H2,1-6H3,(H,17,18,19). The predicted molar refractivity (Wildman–Crippen MR) is 82.6 cm³/mol. The molecule has 0 spiro atoms. The first-order valence-electron chi connectivity index (χ1n) is 7.45. The minimum Gasteiger partial charge on any atom is -0.367 e. The maximum atomic E-state index is 5.98. The Morgan fingerprint density at radius 3 is 2.20 bits per heavy atom. The van der Waals surface area contributed by atoms with Crippen LogP contribution in [0.15, 0.2) is 0 Å². The van der Waals surface area contributed by atoms with Crippen molar-refractivity contribution in [3.63, 3.8) is 0 Å². The zero-order chi connectivity index (χ0) is 15.3. The summed E-state index contributed by atoms with van der Waals surface area (Å²) < 4.78 is 5.98. The lowest BCUT2D eigenvalue weighted by Crippen LogP contribution is -2.32. The summed E-state index contributed by atoms with van der Waals surface area (Å²) in [4.78, 5) is 9.34. The Kier molecular flexibility index (Phi) is 5.89. The fraction of sp³-hybridized carbons (Fsp3) is 0.733. The summed E-state index contributed by atoms with van der Waals surface area (Å²) in [5.74, 6) is 7.39. The molecule has 0 aliphatic heterocycles. The van der Waals surface area contributed by atoms with Crippen LogP contribution in [0.5, 0.6) is 0 Å². The second kappa shape index (κ2) is 6.99. The zero-order valence-electron chi connectivity index (χ0n) is 13.6. The molecule has 1 heterocycles. The number of nitrogens with zero attached hydrogens (tertiary/aromatic N) is 2. The number of ether oxygens (including phenoxy) is 1. The van der Waals surface area contributed by atoms with Crippen molar-refractivity contribution < 1.29 is 4.74 Å². The number of hydrogen-bond acceptors (Lipinski definition) is 5. The van der Waals surface area contributed by atoms with Crippen molar-refractivity contribution in [2.75, 3.05) is 12.0 Å². The average Bonchev–Trinajstić information content (AvgIpc) is 2.43. The summed E-state index contributed by atoms with van der Waals surface area (Å²) in [6.07, 6.45) is 1.67. The van der Waals surface area contributed by atoms with Crippen LogP contribution in [-0.2, 0) is 10.3 Å². The number of aromatic nitrogens is 2. The van der Waals surface area contributed by atoms with Crippen molar-refractivity contribution in [1.29, 1.82) is 0 Å². The first-order chi connectivity index (χ1) is 9.45. The highest BCUT2D eigenvalue weighted by molar-refractivity contribution is 5.47. The summed E-state index contributed by atoms with van der Waals surface area (Å²) >= 11 is 0. The Balaban J connectivity index is 3.42. The lowest BCUT2D eigenvalue weighted by molar-refractivity contribution is -0.0572. The van der Waals surface area contributed by atoms with Gasteiger partial charge >= 0.3 is 0 Å². The fourth-order valence-corrected chi connectivity index (χ4v) is 2.70. The highest BCUT2D eigenvalue weighted by atomic mass is 16.5. The summed E-state index contributed by atoms with van der Waals surface area (Å²) in [6, 6.07) is 0. The molecule has 0 saturated carbocycles. The van der Waals surface area contributed by atoms with E-state index in [1.807, 2.05) is 13.8 Å². The maximum absolute atomic E-state index is 5.98. The Labute approximate surface area is 122 Å². The molecule has 114 valence electrons. The van der Waals surface area contributed by atoms with Gasteiger partial charge in [0.05, 0.1) is 0 Å². The quantitative estimate of drug-likeness (QED) is 0.592. The van der Waals surface area contributed by atoms with Gasteiger partial charge in [-0.05, 0) is 32.6 Å². The summed E-state index contributed by atoms with van der Waals surface area (Å²) in [5, 5.41) is 0. The van der Waals surface area contributed by atoms with E-state index in [1.165, 1.54) is 0 Å². The van der Waals surface area contributed by atoms with Crippen LogP contribution in [0.2, 0.25) is 0 Å². The predicted octanol–water partition coefficient (Wildman–Crippen LogP) is 3.25. The Morgan fingerprint density at radius 1 is 1.20 bits per heavy atom. The van der Waals surface area contributed by atoms with Gasteiger partial charge in [0.1, 0.15) is 11.4 Å². The second-order valence-electron chi connectivity index (χ2n) is 5.33. The van der Waals surface area contributed by atoms with E-state index >= 15 is 0 Å². The van der Waals surface area contributed by atoms with Gasteiger partial charge in [0.15, 0.2) is 5.82 Å². The van der Waals surface area contributed by atoms with Crippen LogP contribution in [0.1, 0.15) is 70.5 Å². The fourth-order valence-electron chi connectivity index (χ4n) is 2.70. The van der Waals surface area contributed by atoms with Crippen LogP contribution in [0.4, 0.5) is 5.82 Å². The van der Waals surface area contributed by atoms with Crippen LogP contribution in [0.25, 0.3) is 0 Å². The van der Waals surface area contributed by atoms with Crippen LogP contribution < -0.4 is 11.3 Å². The molecule has 0 fully saturated rings. The van der Waals surface area contributed by atoms with E-state index < -0.39 is 5.60 Å². The molecule has 5 heteroatoms. The van der Waals surface area contributed by atoms with Crippen molar-refractivity contribution in [3.05, 3.63) is 17.1 Å². The van der Waals surface area contributed by atoms with Crippen LogP contribution in [0, 0.1) is 6.92 Å². The van der Waals surface area contributed by atoms with Gasteiger partial charge in [0, 0.05) is 17.9 Å². The highest BCUT2D eigenvalue weighted by Crippen LogP contribution is 2.34. The minimum absolute atomic E-state index is 0.319. The molecule has 1 aromatic rings. The number of nitrogen functional groups attached to an aromatic ring is 1. The molecule has 0 atom stereocenters. The van der Waals surface area contributed by atoms with Crippen LogP contribution >= 0.6 is 0 Å². The van der Waals surface area contributed by atoms with E-state index in [-0.39, 0.29) is 0 Å². The monoisotopic (exact) mass is 280 g/mol. The molecule has 1 rings (SSSR count). The Bertz CT molecular complexity index is 442. The molecule has 0 aromatic carbocycles. The van der Waals surface area contributed by atoms with E-state index in [4.69, 9.17) is 15.6 Å². The van der Waals surface area contributed by atoms with Crippen LogP contribution in [-0.4, -0.2) is 16.6 Å². The van der Waals surface area contributed by atoms with Gasteiger partial charge in [-0.2, -0.15) is 0 Å². The topological polar surface area (TPSA) is 73.1 Å². The van der Waals surface area contributed by atoms with E-state index in [0.29, 0.717) is 18.3 Å². The van der Waals surface area contributed by atoms with E-state index in [1.54, 1.807) is 0 Å². The first-order valence-corrected chi connectivity index (χ1v) is 7.45. The van der Waals surface area contributed by atoms with Crippen molar-refractivity contribution in [1.82, 2.24) is 9.97 Å². The molecule has 0 saturated heterocycles. The van der Waals surface area contributed by atoms with Crippen molar-refractivity contribution in [2.45, 2.75) is 65.9 Å². The largest absolute Gasteiger partial charge is 0.367 e. The number of nitrogens with one attached hydrogen (secondary N) is 1. The SMILES string of the molecule is CCOC(CC)(CC)c1nc(C)c(C(C)C)c(NN)n1. The molecular weight excluding hydrogens is 252 g/mol. The van der Waals surface area contributed by atoms with E-state index in [0.717, 1.165) is 29.9 Å². The number of hydrazine groups is 1. The molecule has 3 N–H and O–H groups in total. The van der Waals surface area contributed by atoms with Gasteiger partial charge in [0.2, 0.25) is 0 Å². The van der Waals surface area contributed by atoms with Gasteiger partial charge in [-0.3, -0.25) is 0 Å². The Hall–Kier alpha value is -1.20. The molecule has 0 aliphatic carbocycles. The number of aryl methyl sites for hydroxylation is 1.